The van der Waals surface area contributed by atoms with Crippen molar-refractivity contribution in [1.29, 1.82) is 0 Å². The third-order valence-corrected chi connectivity index (χ3v) is 4.56. The van der Waals surface area contributed by atoms with Crippen molar-refractivity contribution in [2.24, 2.45) is 0 Å². The highest BCUT2D eigenvalue weighted by Gasteiger charge is 2.27. The minimum atomic E-state index is -0.791. The first-order valence-electron chi connectivity index (χ1n) is 8.03. The lowest BCUT2D eigenvalue weighted by atomic mass is 10.2. The Kier molecular flexibility index (Phi) is 4.93. The minimum Gasteiger partial charge on any atom is -0.461 e. The first kappa shape index (κ1) is 17.3. The number of ether oxygens (including phenoxy) is 1. The predicted octanol–water partition coefficient (Wildman–Crippen LogP) is 1.95. The monoisotopic (exact) mass is 362 g/mol. The predicted molar refractivity (Wildman–Crippen MR) is 91.9 cm³/mol. The van der Waals surface area contributed by atoms with Gasteiger partial charge in [0.15, 0.2) is 10.8 Å². The standard InChI is InChI=1S/C16H18N4O4S/c1-3-24-15(23)12-8-25-16(17-12)18-14(22)9(2)20-13(21)7-6-11(19-20)10-4-5-10/h6-10H,3-5H2,1-2H3,(H,17,18,22). The fourth-order valence-electron chi connectivity index (χ4n) is 2.27. The summed E-state index contributed by atoms with van der Waals surface area (Å²) in [5.74, 6) is -0.581. The van der Waals surface area contributed by atoms with Crippen LogP contribution in [0, 0.1) is 0 Å². The fraction of sp³-hybridized carbons (Fsp3) is 0.438. The van der Waals surface area contributed by atoms with Crippen LogP contribution in [0.15, 0.2) is 22.3 Å². The molecule has 0 radical (unpaired) electrons. The van der Waals surface area contributed by atoms with Gasteiger partial charge in [-0.2, -0.15) is 5.10 Å². The molecule has 2 heterocycles. The van der Waals surface area contributed by atoms with Gasteiger partial charge in [0.25, 0.3) is 11.5 Å². The van der Waals surface area contributed by atoms with Crippen LogP contribution in [-0.2, 0) is 9.53 Å². The Morgan fingerprint density at radius 1 is 1.44 bits per heavy atom. The molecule has 1 atom stereocenters. The molecule has 0 saturated heterocycles. The van der Waals surface area contributed by atoms with Crippen molar-refractivity contribution >= 4 is 28.3 Å². The molecule has 0 bridgehead atoms. The Balaban J connectivity index is 1.72. The molecular weight excluding hydrogens is 344 g/mol. The van der Waals surface area contributed by atoms with Gasteiger partial charge in [-0.25, -0.2) is 14.5 Å². The molecule has 1 saturated carbocycles. The molecule has 1 unspecified atom stereocenters. The highest BCUT2D eigenvalue weighted by Crippen LogP contribution is 2.38. The van der Waals surface area contributed by atoms with E-state index in [9.17, 15) is 14.4 Å². The lowest BCUT2D eigenvalue weighted by Gasteiger charge is -2.13. The van der Waals surface area contributed by atoms with E-state index < -0.39 is 17.9 Å². The van der Waals surface area contributed by atoms with Crippen molar-refractivity contribution in [1.82, 2.24) is 14.8 Å². The van der Waals surface area contributed by atoms with E-state index in [4.69, 9.17) is 4.74 Å². The van der Waals surface area contributed by atoms with E-state index in [0.717, 1.165) is 29.9 Å². The number of amides is 1. The zero-order valence-corrected chi connectivity index (χ0v) is 14.7. The number of esters is 1. The number of nitrogens with one attached hydrogen (secondary N) is 1. The van der Waals surface area contributed by atoms with E-state index in [2.05, 4.69) is 15.4 Å². The van der Waals surface area contributed by atoms with Gasteiger partial charge >= 0.3 is 5.97 Å². The van der Waals surface area contributed by atoms with Gasteiger partial charge < -0.3 is 10.1 Å². The number of aromatic nitrogens is 3. The van der Waals surface area contributed by atoms with Crippen LogP contribution in [0.2, 0.25) is 0 Å². The van der Waals surface area contributed by atoms with Gasteiger partial charge in [0.2, 0.25) is 0 Å². The molecule has 0 aromatic carbocycles. The quantitative estimate of drug-likeness (QED) is 0.788. The summed E-state index contributed by atoms with van der Waals surface area (Å²) in [6, 6.07) is 2.36. The summed E-state index contributed by atoms with van der Waals surface area (Å²) < 4.78 is 6.04. The van der Waals surface area contributed by atoms with Crippen LogP contribution in [0.3, 0.4) is 0 Å². The molecule has 8 nitrogen and oxygen atoms in total. The molecule has 9 heteroatoms. The van der Waals surface area contributed by atoms with Crippen molar-refractivity contribution < 1.29 is 14.3 Å². The van der Waals surface area contributed by atoms with Crippen LogP contribution < -0.4 is 10.9 Å². The number of hydrogen-bond acceptors (Lipinski definition) is 7. The summed E-state index contributed by atoms with van der Waals surface area (Å²) in [6.45, 7) is 3.55. The maximum atomic E-state index is 12.4. The SMILES string of the molecule is CCOC(=O)c1csc(NC(=O)C(C)n2nc(C3CC3)ccc2=O)n1. The number of hydrogen-bond donors (Lipinski definition) is 1. The maximum absolute atomic E-state index is 12.4. The maximum Gasteiger partial charge on any atom is 0.357 e. The Hall–Kier alpha value is -2.55. The van der Waals surface area contributed by atoms with Crippen LogP contribution in [0.4, 0.5) is 5.13 Å². The molecular formula is C16H18N4O4S. The van der Waals surface area contributed by atoms with Gasteiger partial charge in [-0.3, -0.25) is 9.59 Å². The molecule has 1 N–H and O–H groups in total. The molecule has 1 aliphatic rings. The van der Waals surface area contributed by atoms with E-state index in [1.54, 1.807) is 19.9 Å². The second-order valence-corrected chi connectivity index (χ2v) is 6.60. The summed E-state index contributed by atoms with van der Waals surface area (Å²) in [7, 11) is 0. The van der Waals surface area contributed by atoms with Crippen molar-refractivity contribution in [3.63, 3.8) is 0 Å². The Bertz CT molecular complexity index is 856. The van der Waals surface area contributed by atoms with E-state index in [1.807, 2.05) is 0 Å². The highest BCUT2D eigenvalue weighted by molar-refractivity contribution is 7.14. The molecule has 1 amide bonds. The number of rotatable bonds is 6. The van der Waals surface area contributed by atoms with Crippen molar-refractivity contribution in [3.8, 4) is 0 Å². The van der Waals surface area contributed by atoms with E-state index in [1.165, 1.54) is 16.1 Å². The van der Waals surface area contributed by atoms with Crippen LogP contribution in [-0.4, -0.2) is 33.2 Å². The van der Waals surface area contributed by atoms with E-state index in [-0.39, 0.29) is 23.0 Å². The second-order valence-electron chi connectivity index (χ2n) is 5.74. The zero-order chi connectivity index (χ0) is 18.0. The number of thiazole rings is 1. The lowest BCUT2D eigenvalue weighted by Crippen LogP contribution is -2.33. The summed E-state index contributed by atoms with van der Waals surface area (Å²) in [5.41, 5.74) is 0.636. The Morgan fingerprint density at radius 3 is 2.88 bits per heavy atom. The Labute approximate surface area is 147 Å². The van der Waals surface area contributed by atoms with Gasteiger partial charge in [0.05, 0.1) is 12.3 Å². The third kappa shape index (κ3) is 3.93. The average Bonchev–Trinajstić information content (AvgIpc) is 3.34. The molecule has 2 aromatic rings. The normalized spacial score (nSPS) is 14.8. The first-order chi connectivity index (χ1) is 12.0. The molecule has 25 heavy (non-hydrogen) atoms. The van der Waals surface area contributed by atoms with Gasteiger partial charge in [0.1, 0.15) is 6.04 Å². The first-order valence-corrected chi connectivity index (χ1v) is 8.90. The smallest absolute Gasteiger partial charge is 0.357 e. The van der Waals surface area contributed by atoms with Crippen molar-refractivity contribution in [3.05, 3.63) is 39.3 Å². The third-order valence-electron chi connectivity index (χ3n) is 3.81. The molecule has 1 fully saturated rings. The minimum absolute atomic E-state index is 0.140. The number of nitrogens with zero attached hydrogens (tertiary/aromatic N) is 3. The topological polar surface area (TPSA) is 103 Å². The molecule has 3 rings (SSSR count). The van der Waals surface area contributed by atoms with Crippen molar-refractivity contribution in [2.75, 3.05) is 11.9 Å². The van der Waals surface area contributed by atoms with Crippen molar-refractivity contribution in [2.45, 2.75) is 38.6 Å². The number of carbonyl (C=O) groups excluding carboxylic acids is 2. The van der Waals surface area contributed by atoms with Crippen LogP contribution in [0.25, 0.3) is 0 Å². The molecule has 132 valence electrons. The summed E-state index contributed by atoms with van der Waals surface area (Å²) in [5, 5.41) is 8.70. The summed E-state index contributed by atoms with van der Waals surface area (Å²) in [4.78, 5) is 40.1. The largest absolute Gasteiger partial charge is 0.461 e. The van der Waals surface area contributed by atoms with Gasteiger partial charge in [-0.1, -0.05) is 0 Å². The number of anilines is 1. The molecule has 0 aliphatic heterocycles. The van der Waals surface area contributed by atoms with Gasteiger partial charge in [-0.05, 0) is 32.8 Å². The van der Waals surface area contributed by atoms with Crippen LogP contribution in [0.5, 0.6) is 0 Å². The fourth-order valence-corrected chi connectivity index (χ4v) is 2.95. The second kappa shape index (κ2) is 7.14. The summed E-state index contributed by atoms with van der Waals surface area (Å²) >= 11 is 1.12. The molecule has 0 spiro atoms. The van der Waals surface area contributed by atoms with Gasteiger partial charge in [0, 0.05) is 17.4 Å². The molecule has 1 aliphatic carbocycles. The summed E-state index contributed by atoms with van der Waals surface area (Å²) in [6.07, 6.45) is 2.11. The average molecular weight is 362 g/mol. The van der Waals surface area contributed by atoms with Crippen LogP contribution >= 0.6 is 11.3 Å². The van der Waals surface area contributed by atoms with Crippen LogP contribution in [0.1, 0.15) is 54.8 Å². The lowest BCUT2D eigenvalue weighted by molar-refractivity contribution is -0.119. The zero-order valence-electron chi connectivity index (χ0n) is 13.9. The number of carbonyl (C=O) groups is 2. The Morgan fingerprint density at radius 2 is 2.20 bits per heavy atom. The highest BCUT2D eigenvalue weighted by atomic mass is 32.1. The van der Waals surface area contributed by atoms with E-state index >= 15 is 0 Å². The van der Waals surface area contributed by atoms with E-state index in [0.29, 0.717) is 5.92 Å². The molecule has 2 aromatic heterocycles. The van der Waals surface area contributed by atoms with Gasteiger partial charge in [-0.15, -0.1) is 11.3 Å².